The fourth-order valence-electron chi connectivity index (χ4n) is 1.19. The molecular weight excluding hydrogens is 212 g/mol. The summed E-state index contributed by atoms with van der Waals surface area (Å²) in [6, 6.07) is 0. The first-order valence-electron chi connectivity index (χ1n) is 5.35. The molecule has 0 bridgehead atoms. The lowest BCUT2D eigenvalue weighted by Crippen LogP contribution is -2.36. The quantitative estimate of drug-likeness (QED) is 0.442. The molecule has 6 nitrogen and oxygen atoms in total. The van der Waals surface area contributed by atoms with E-state index in [0.717, 1.165) is 6.42 Å². The topological polar surface area (TPSA) is 113 Å². The molecule has 0 aromatic carbocycles. The van der Waals surface area contributed by atoms with Crippen molar-refractivity contribution in [1.82, 2.24) is 5.32 Å². The van der Waals surface area contributed by atoms with Crippen molar-refractivity contribution in [3.8, 4) is 0 Å². The third-order valence-corrected chi connectivity index (χ3v) is 2.30. The van der Waals surface area contributed by atoms with E-state index in [9.17, 15) is 9.59 Å². The molecule has 0 fully saturated rings. The second kappa shape index (κ2) is 8.06. The van der Waals surface area contributed by atoms with Crippen LogP contribution in [-0.4, -0.2) is 41.3 Å². The van der Waals surface area contributed by atoms with E-state index in [1.54, 1.807) is 0 Å². The van der Waals surface area contributed by atoms with Gasteiger partial charge in [-0.3, -0.25) is 4.79 Å². The standard InChI is InChI=1S/C10H20N2O4/c1-7(4-5-11)2-3-9(14)12-6-8(13)10(15)16/h7-8,13H,2-6,11H2,1H3,(H,12,14)(H,15,16)/t7?,8-/m0/s1. The van der Waals surface area contributed by atoms with Crippen LogP contribution in [0.4, 0.5) is 0 Å². The van der Waals surface area contributed by atoms with Crippen molar-refractivity contribution < 1.29 is 19.8 Å². The van der Waals surface area contributed by atoms with Crippen LogP contribution in [0.2, 0.25) is 0 Å². The highest BCUT2D eigenvalue weighted by Crippen LogP contribution is 2.08. The summed E-state index contributed by atoms with van der Waals surface area (Å²) in [6.45, 7) is 2.35. The predicted octanol–water partition coefficient (Wildman–Crippen LogP) is -0.687. The van der Waals surface area contributed by atoms with Crippen LogP contribution in [0.5, 0.6) is 0 Å². The van der Waals surface area contributed by atoms with Crippen molar-refractivity contribution in [3.05, 3.63) is 0 Å². The normalized spacial score (nSPS) is 14.2. The Labute approximate surface area is 94.8 Å². The number of carbonyl (C=O) groups is 2. The summed E-state index contributed by atoms with van der Waals surface area (Å²) in [5.41, 5.74) is 5.37. The van der Waals surface area contributed by atoms with Crippen molar-refractivity contribution in [2.45, 2.75) is 32.3 Å². The summed E-state index contributed by atoms with van der Waals surface area (Å²) in [4.78, 5) is 21.5. The number of carboxylic acid groups (broad SMARTS) is 1. The first-order chi connectivity index (χ1) is 7.47. The van der Waals surface area contributed by atoms with Crippen LogP contribution in [-0.2, 0) is 9.59 Å². The molecule has 5 N–H and O–H groups in total. The molecule has 0 aliphatic carbocycles. The summed E-state index contributed by atoms with van der Waals surface area (Å²) in [7, 11) is 0. The minimum Gasteiger partial charge on any atom is -0.479 e. The molecule has 0 spiro atoms. The van der Waals surface area contributed by atoms with Crippen molar-refractivity contribution in [2.24, 2.45) is 11.7 Å². The average molecular weight is 232 g/mol. The van der Waals surface area contributed by atoms with Gasteiger partial charge in [-0.25, -0.2) is 4.79 Å². The highest BCUT2D eigenvalue weighted by molar-refractivity contribution is 5.77. The van der Waals surface area contributed by atoms with Gasteiger partial charge in [-0.1, -0.05) is 6.92 Å². The van der Waals surface area contributed by atoms with Gasteiger partial charge in [0.2, 0.25) is 5.91 Å². The number of rotatable bonds is 8. The van der Waals surface area contributed by atoms with Crippen LogP contribution >= 0.6 is 0 Å². The molecule has 0 aromatic heterocycles. The van der Waals surface area contributed by atoms with Gasteiger partial charge in [-0.2, -0.15) is 0 Å². The Morgan fingerprint density at radius 1 is 1.38 bits per heavy atom. The zero-order chi connectivity index (χ0) is 12.6. The fraction of sp³-hybridized carbons (Fsp3) is 0.800. The van der Waals surface area contributed by atoms with Gasteiger partial charge in [-0.15, -0.1) is 0 Å². The van der Waals surface area contributed by atoms with E-state index < -0.39 is 12.1 Å². The van der Waals surface area contributed by atoms with E-state index >= 15 is 0 Å². The van der Waals surface area contributed by atoms with Crippen LogP contribution in [0.15, 0.2) is 0 Å². The number of carbonyl (C=O) groups excluding carboxylic acids is 1. The molecular formula is C10H20N2O4. The van der Waals surface area contributed by atoms with Crippen LogP contribution in [0.1, 0.15) is 26.2 Å². The van der Waals surface area contributed by atoms with Gasteiger partial charge >= 0.3 is 5.97 Å². The molecule has 2 atom stereocenters. The summed E-state index contributed by atoms with van der Waals surface area (Å²) >= 11 is 0. The Morgan fingerprint density at radius 3 is 2.50 bits per heavy atom. The zero-order valence-corrected chi connectivity index (χ0v) is 9.48. The first kappa shape index (κ1) is 14.9. The number of aliphatic hydroxyl groups is 1. The minimum atomic E-state index is -1.54. The van der Waals surface area contributed by atoms with Gasteiger partial charge in [0.25, 0.3) is 0 Å². The number of hydrogen-bond acceptors (Lipinski definition) is 4. The Balaban J connectivity index is 3.63. The molecule has 0 radical (unpaired) electrons. The monoisotopic (exact) mass is 232 g/mol. The maximum absolute atomic E-state index is 11.2. The van der Waals surface area contributed by atoms with Gasteiger partial charge in [0.05, 0.1) is 6.54 Å². The van der Waals surface area contributed by atoms with Crippen LogP contribution in [0.25, 0.3) is 0 Å². The van der Waals surface area contributed by atoms with Crippen molar-refractivity contribution >= 4 is 11.9 Å². The summed E-state index contributed by atoms with van der Waals surface area (Å²) in [6.07, 6.45) is 0.371. The lowest BCUT2D eigenvalue weighted by Gasteiger charge is -2.10. The van der Waals surface area contributed by atoms with E-state index in [2.05, 4.69) is 5.32 Å². The van der Waals surface area contributed by atoms with E-state index in [1.165, 1.54) is 0 Å². The molecule has 0 aliphatic heterocycles. The van der Waals surface area contributed by atoms with Crippen molar-refractivity contribution in [2.75, 3.05) is 13.1 Å². The van der Waals surface area contributed by atoms with E-state index in [1.807, 2.05) is 6.92 Å². The molecule has 0 aliphatic rings. The molecule has 1 unspecified atom stereocenters. The number of carboxylic acids is 1. The predicted molar refractivity (Wildman–Crippen MR) is 58.7 cm³/mol. The second-order valence-corrected chi connectivity index (χ2v) is 3.88. The Kier molecular flexibility index (Phi) is 7.49. The highest BCUT2D eigenvalue weighted by Gasteiger charge is 2.14. The average Bonchev–Trinajstić information content (AvgIpc) is 2.23. The molecule has 0 aromatic rings. The Hall–Kier alpha value is -1.14. The van der Waals surface area contributed by atoms with Crippen LogP contribution in [0, 0.1) is 5.92 Å². The molecule has 6 heteroatoms. The van der Waals surface area contributed by atoms with Crippen LogP contribution in [0.3, 0.4) is 0 Å². The highest BCUT2D eigenvalue weighted by atomic mass is 16.4. The number of nitrogens with one attached hydrogen (secondary N) is 1. The van der Waals surface area contributed by atoms with Gasteiger partial charge in [0, 0.05) is 6.42 Å². The minimum absolute atomic E-state index is 0.246. The number of amides is 1. The fourth-order valence-corrected chi connectivity index (χ4v) is 1.19. The van der Waals surface area contributed by atoms with E-state index in [-0.39, 0.29) is 12.5 Å². The Morgan fingerprint density at radius 2 is 2.00 bits per heavy atom. The second-order valence-electron chi connectivity index (χ2n) is 3.88. The largest absolute Gasteiger partial charge is 0.479 e. The maximum atomic E-state index is 11.2. The molecule has 1 amide bonds. The molecule has 94 valence electrons. The lowest BCUT2D eigenvalue weighted by molar-refractivity contribution is -0.146. The maximum Gasteiger partial charge on any atom is 0.334 e. The lowest BCUT2D eigenvalue weighted by atomic mass is 10.0. The SMILES string of the molecule is CC(CCN)CCC(=O)NC[C@H](O)C(=O)O. The van der Waals surface area contributed by atoms with Crippen molar-refractivity contribution in [1.29, 1.82) is 0 Å². The summed E-state index contributed by atoms with van der Waals surface area (Å²) in [5.74, 6) is -1.21. The molecule has 0 saturated carbocycles. The van der Waals surface area contributed by atoms with Gasteiger partial charge in [0.1, 0.15) is 0 Å². The molecule has 0 rings (SSSR count). The van der Waals surface area contributed by atoms with E-state index in [0.29, 0.717) is 25.3 Å². The zero-order valence-electron chi connectivity index (χ0n) is 9.48. The van der Waals surface area contributed by atoms with Crippen molar-refractivity contribution in [3.63, 3.8) is 0 Å². The van der Waals surface area contributed by atoms with Gasteiger partial charge in [-0.05, 0) is 25.3 Å². The third-order valence-electron chi connectivity index (χ3n) is 2.30. The Bertz CT molecular complexity index is 233. The summed E-state index contributed by atoms with van der Waals surface area (Å²) in [5, 5.41) is 19.6. The van der Waals surface area contributed by atoms with Crippen LogP contribution < -0.4 is 11.1 Å². The van der Waals surface area contributed by atoms with Gasteiger partial charge in [0.15, 0.2) is 6.10 Å². The molecule has 16 heavy (non-hydrogen) atoms. The number of aliphatic carboxylic acids is 1. The first-order valence-corrected chi connectivity index (χ1v) is 5.35. The summed E-state index contributed by atoms with van der Waals surface area (Å²) < 4.78 is 0. The number of hydrogen-bond donors (Lipinski definition) is 4. The number of aliphatic hydroxyl groups excluding tert-OH is 1. The smallest absolute Gasteiger partial charge is 0.334 e. The number of nitrogens with two attached hydrogens (primary N) is 1. The molecule has 0 saturated heterocycles. The van der Waals surface area contributed by atoms with E-state index in [4.69, 9.17) is 15.9 Å². The van der Waals surface area contributed by atoms with Gasteiger partial charge < -0.3 is 21.3 Å². The molecule has 0 heterocycles. The third kappa shape index (κ3) is 7.19.